The van der Waals surface area contributed by atoms with Crippen molar-refractivity contribution in [1.82, 2.24) is 15.2 Å². The van der Waals surface area contributed by atoms with Crippen LogP contribution in [0.3, 0.4) is 0 Å². The number of nitrogens with zero attached hydrogens (tertiary/aromatic N) is 2. The number of aliphatic carboxylic acids is 1. The minimum Gasteiger partial charge on any atom is -0.481 e. The number of thiazole rings is 1. The van der Waals surface area contributed by atoms with E-state index in [1.807, 2.05) is 4.90 Å². The number of anilines is 1. The Labute approximate surface area is 185 Å². The number of hydrogen-bond acceptors (Lipinski definition) is 6. The standard InChI is InChI=1S/C20H30N4O4S2/c1-13-6-8-15(9-7-13)24(11-14-4-2-3-5-14)20(28)23-18(27)22-19-21-10-17(30-19)29-12-16(25)26/h10,13-15H,2-9,11-12H2,1H3,(H,25,26)(H2,21,22,23,27,28). The molecule has 1 aromatic rings. The number of carbonyl (C=O) groups excluding carboxylic acids is 2. The largest absolute Gasteiger partial charge is 0.481 e. The van der Waals surface area contributed by atoms with Crippen molar-refractivity contribution in [3.63, 3.8) is 0 Å². The molecule has 0 aromatic carbocycles. The molecular formula is C20H30N4O4S2. The average molecular weight is 455 g/mol. The van der Waals surface area contributed by atoms with Crippen LogP contribution in [0.5, 0.6) is 0 Å². The van der Waals surface area contributed by atoms with Crippen molar-refractivity contribution in [2.45, 2.75) is 68.5 Å². The predicted octanol–water partition coefficient (Wildman–Crippen LogP) is 4.63. The molecule has 8 nitrogen and oxygen atoms in total. The highest BCUT2D eigenvalue weighted by atomic mass is 32.2. The van der Waals surface area contributed by atoms with Crippen LogP contribution in [0.25, 0.3) is 0 Å². The number of nitrogens with one attached hydrogen (secondary N) is 2. The van der Waals surface area contributed by atoms with Gasteiger partial charge in [0.25, 0.3) is 0 Å². The average Bonchev–Trinajstić information content (AvgIpc) is 3.37. The quantitative estimate of drug-likeness (QED) is 0.518. The van der Waals surface area contributed by atoms with Gasteiger partial charge in [-0.1, -0.05) is 31.1 Å². The first kappa shape index (κ1) is 22.9. The molecule has 2 aliphatic carbocycles. The summed E-state index contributed by atoms with van der Waals surface area (Å²) in [7, 11) is 0. The number of carboxylic acid groups (broad SMARTS) is 1. The molecule has 10 heteroatoms. The zero-order valence-corrected chi connectivity index (χ0v) is 18.9. The summed E-state index contributed by atoms with van der Waals surface area (Å²) in [6.45, 7) is 2.97. The van der Waals surface area contributed by atoms with Crippen LogP contribution in [0, 0.1) is 11.8 Å². The Balaban J connectivity index is 1.55. The van der Waals surface area contributed by atoms with Crippen LogP contribution in [-0.2, 0) is 4.79 Å². The van der Waals surface area contributed by atoms with Gasteiger partial charge in [0.1, 0.15) is 0 Å². The Morgan fingerprint density at radius 3 is 2.57 bits per heavy atom. The molecule has 0 saturated heterocycles. The van der Waals surface area contributed by atoms with E-state index in [2.05, 4.69) is 22.5 Å². The lowest BCUT2D eigenvalue weighted by molar-refractivity contribution is -0.133. The highest BCUT2D eigenvalue weighted by Crippen LogP contribution is 2.31. The lowest BCUT2D eigenvalue weighted by Gasteiger charge is -2.37. The second-order valence-electron chi connectivity index (χ2n) is 8.27. The van der Waals surface area contributed by atoms with Crippen LogP contribution in [-0.4, -0.2) is 51.4 Å². The number of rotatable bonds is 7. The molecule has 1 heterocycles. The number of hydrogen-bond donors (Lipinski definition) is 3. The number of imide groups is 1. The fourth-order valence-corrected chi connectivity index (χ4v) is 5.82. The number of carbonyl (C=O) groups is 3. The molecule has 2 fully saturated rings. The van der Waals surface area contributed by atoms with E-state index < -0.39 is 12.0 Å². The van der Waals surface area contributed by atoms with Crippen molar-refractivity contribution in [2.75, 3.05) is 17.6 Å². The number of thioether (sulfide) groups is 1. The molecule has 3 rings (SSSR count). The molecule has 30 heavy (non-hydrogen) atoms. The Hall–Kier alpha value is -1.81. The molecule has 166 valence electrons. The maximum atomic E-state index is 13.0. The van der Waals surface area contributed by atoms with Gasteiger partial charge in [0.05, 0.1) is 16.2 Å². The second-order valence-corrected chi connectivity index (χ2v) is 10.6. The van der Waals surface area contributed by atoms with Crippen LogP contribution >= 0.6 is 23.1 Å². The molecule has 1 aromatic heterocycles. The van der Waals surface area contributed by atoms with Crippen LogP contribution in [0.1, 0.15) is 58.3 Å². The van der Waals surface area contributed by atoms with E-state index in [-0.39, 0.29) is 17.8 Å². The third-order valence-corrected chi connectivity index (χ3v) is 7.97. The lowest BCUT2D eigenvalue weighted by atomic mass is 9.86. The number of amides is 4. The van der Waals surface area contributed by atoms with E-state index >= 15 is 0 Å². The molecule has 2 aliphatic rings. The summed E-state index contributed by atoms with van der Waals surface area (Å²) in [5.41, 5.74) is 0. The first-order valence-corrected chi connectivity index (χ1v) is 12.4. The predicted molar refractivity (Wildman–Crippen MR) is 118 cm³/mol. The fourth-order valence-electron chi connectivity index (χ4n) is 4.24. The van der Waals surface area contributed by atoms with Gasteiger partial charge < -0.3 is 10.0 Å². The van der Waals surface area contributed by atoms with Crippen LogP contribution in [0.4, 0.5) is 14.7 Å². The van der Waals surface area contributed by atoms with Crippen molar-refractivity contribution in [2.24, 2.45) is 11.8 Å². The van der Waals surface area contributed by atoms with E-state index in [1.165, 1.54) is 30.4 Å². The summed E-state index contributed by atoms with van der Waals surface area (Å²) in [5.74, 6) is 0.235. The topological polar surface area (TPSA) is 112 Å². The molecule has 0 spiro atoms. The summed E-state index contributed by atoms with van der Waals surface area (Å²) in [6, 6.07) is -0.755. The minimum atomic E-state index is -0.911. The van der Waals surface area contributed by atoms with Gasteiger partial charge in [0.2, 0.25) is 0 Å². The molecule has 4 amide bonds. The molecule has 0 unspecified atom stereocenters. The van der Waals surface area contributed by atoms with Gasteiger partial charge in [-0.25, -0.2) is 14.6 Å². The van der Waals surface area contributed by atoms with E-state index in [1.54, 1.807) is 0 Å². The molecule has 2 saturated carbocycles. The minimum absolute atomic E-state index is 0.0670. The summed E-state index contributed by atoms with van der Waals surface area (Å²) in [6.07, 6.45) is 10.4. The molecular weight excluding hydrogens is 424 g/mol. The third-order valence-electron chi connectivity index (χ3n) is 5.88. The number of carboxylic acids is 1. The zero-order chi connectivity index (χ0) is 21.5. The zero-order valence-electron chi connectivity index (χ0n) is 17.3. The van der Waals surface area contributed by atoms with E-state index in [0.717, 1.165) is 50.3 Å². The number of urea groups is 2. The summed E-state index contributed by atoms with van der Waals surface area (Å²) >= 11 is 2.33. The molecule has 0 atom stereocenters. The van der Waals surface area contributed by atoms with E-state index in [0.29, 0.717) is 27.7 Å². The Kier molecular flexibility index (Phi) is 8.38. The van der Waals surface area contributed by atoms with Crippen molar-refractivity contribution >= 4 is 46.3 Å². The van der Waals surface area contributed by atoms with Crippen molar-refractivity contribution in [3.8, 4) is 0 Å². The van der Waals surface area contributed by atoms with Crippen molar-refractivity contribution < 1.29 is 19.5 Å². The SMILES string of the molecule is CC1CCC(N(CC2CCCC2)C(=O)NC(=O)Nc2ncc(SCC(=O)O)s2)CC1. The van der Waals surface area contributed by atoms with Gasteiger partial charge in [-0.3, -0.25) is 15.4 Å². The molecule has 0 bridgehead atoms. The van der Waals surface area contributed by atoms with E-state index in [4.69, 9.17) is 5.11 Å². The summed E-state index contributed by atoms with van der Waals surface area (Å²) in [5, 5.41) is 14.1. The van der Waals surface area contributed by atoms with Crippen LogP contribution in [0.15, 0.2) is 10.4 Å². The molecule has 3 N–H and O–H groups in total. The fraction of sp³-hybridized carbons (Fsp3) is 0.700. The lowest BCUT2D eigenvalue weighted by Crippen LogP contribution is -2.51. The maximum Gasteiger partial charge on any atom is 0.329 e. The first-order valence-electron chi connectivity index (χ1n) is 10.6. The van der Waals surface area contributed by atoms with Gasteiger partial charge in [0, 0.05) is 12.6 Å². The van der Waals surface area contributed by atoms with Gasteiger partial charge in [0.15, 0.2) is 5.13 Å². The molecule has 0 aliphatic heterocycles. The molecule has 0 radical (unpaired) electrons. The van der Waals surface area contributed by atoms with Gasteiger partial charge in [-0.2, -0.15) is 0 Å². The summed E-state index contributed by atoms with van der Waals surface area (Å²) in [4.78, 5) is 42.0. The Morgan fingerprint density at radius 1 is 1.20 bits per heavy atom. The van der Waals surface area contributed by atoms with Gasteiger partial charge in [-0.15, -0.1) is 11.8 Å². The van der Waals surface area contributed by atoms with Gasteiger partial charge >= 0.3 is 18.0 Å². The highest BCUT2D eigenvalue weighted by molar-refractivity contribution is 8.01. The van der Waals surface area contributed by atoms with E-state index in [9.17, 15) is 14.4 Å². The smallest absolute Gasteiger partial charge is 0.329 e. The monoisotopic (exact) mass is 454 g/mol. The maximum absolute atomic E-state index is 13.0. The normalized spacial score (nSPS) is 21.9. The van der Waals surface area contributed by atoms with Crippen molar-refractivity contribution in [3.05, 3.63) is 6.20 Å². The van der Waals surface area contributed by atoms with Crippen LogP contribution < -0.4 is 10.6 Å². The van der Waals surface area contributed by atoms with Crippen LogP contribution in [0.2, 0.25) is 0 Å². The third kappa shape index (κ3) is 6.87. The highest BCUT2D eigenvalue weighted by Gasteiger charge is 2.31. The Bertz CT molecular complexity index is 743. The van der Waals surface area contributed by atoms with Gasteiger partial charge in [-0.05, 0) is 50.4 Å². The van der Waals surface area contributed by atoms with Crippen molar-refractivity contribution in [1.29, 1.82) is 0 Å². The first-order chi connectivity index (χ1) is 14.4. The Morgan fingerprint density at radius 2 is 1.90 bits per heavy atom. The number of aromatic nitrogens is 1. The second kappa shape index (κ2) is 11.0. The summed E-state index contributed by atoms with van der Waals surface area (Å²) < 4.78 is 0.693.